The quantitative estimate of drug-likeness (QED) is 0.445. The number of hydrogen-bond acceptors (Lipinski definition) is 0. The summed E-state index contributed by atoms with van der Waals surface area (Å²) in [6, 6.07) is 0. The van der Waals surface area contributed by atoms with Crippen LogP contribution in [0.3, 0.4) is 0 Å². The Balaban J connectivity index is 2.19. The van der Waals surface area contributed by atoms with E-state index >= 15 is 0 Å². The SMILES string of the molecule is CC1[CH][CH]C(C)[CH][CH]1. The van der Waals surface area contributed by atoms with E-state index in [0.717, 1.165) is 0 Å². The highest BCUT2D eigenvalue weighted by Gasteiger charge is 2.14. The van der Waals surface area contributed by atoms with Gasteiger partial charge in [-0.15, -0.1) is 0 Å². The highest BCUT2D eigenvalue weighted by molar-refractivity contribution is 5.12. The average Bonchev–Trinajstić information content (AvgIpc) is 1.77. The molecule has 0 amide bonds. The van der Waals surface area contributed by atoms with E-state index in [4.69, 9.17) is 0 Å². The summed E-state index contributed by atoms with van der Waals surface area (Å²) in [6.45, 7) is 4.39. The van der Waals surface area contributed by atoms with Gasteiger partial charge in [-0.2, -0.15) is 0 Å². The first kappa shape index (κ1) is 6.12. The normalized spacial score (nSPS) is 39.8. The highest BCUT2D eigenvalue weighted by atomic mass is 14.2. The minimum atomic E-state index is 0.659. The van der Waals surface area contributed by atoms with Gasteiger partial charge in [-0.3, -0.25) is 0 Å². The molecule has 1 fully saturated rings. The molecule has 1 aliphatic rings. The average molecular weight is 108 g/mol. The highest BCUT2D eigenvalue weighted by Crippen LogP contribution is 2.23. The van der Waals surface area contributed by atoms with E-state index in [2.05, 4.69) is 39.5 Å². The van der Waals surface area contributed by atoms with Crippen LogP contribution in [0.25, 0.3) is 0 Å². The Hall–Kier alpha value is 0. The molecule has 0 spiro atoms. The molecule has 0 nitrogen and oxygen atoms in total. The van der Waals surface area contributed by atoms with Crippen molar-refractivity contribution < 1.29 is 0 Å². The molecular formula is C8H12. The number of hydrogen-bond donors (Lipinski definition) is 0. The molecule has 44 valence electrons. The van der Waals surface area contributed by atoms with E-state index in [1.54, 1.807) is 0 Å². The van der Waals surface area contributed by atoms with Crippen molar-refractivity contribution in [1.29, 1.82) is 0 Å². The summed E-state index contributed by atoms with van der Waals surface area (Å²) in [4.78, 5) is 0. The lowest BCUT2D eigenvalue weighted by atomic mass is 9.84. The van der Waals surface area contributed by atoms with Crippen LogP contribution in [0.15, 0.2) is 0 Å². The molecule has 0 heteroatoms. The summed E-state index contributed by atoms with van der Waals surface area (Å²) in [5, 5.41) is 0. The summed E-state index contributed by atoms with van der Waals surface area (Å²) in [5.41, 5.74) is 0. The molecule has 1 aliphatic carbocycles. The molecule has 0 atom stereocenters. The Kier molecular flexibility index (Phi) is 1.93. The van der Waals surface area contributed by atoms with Crippen LogP contribution in [0.1, 0.15) is 13.8 Å². The molecule has 0 heterocycles. The van der Waals surface area contributed by atoms with E-state index < -0.39 is 0 Å². The van der Waals surface area contributed by atoms with E-state index in [0.29, 0.717) is 11.8 Å². The Bertz CT molecular complexity index is 48.4. The molecule has 0 aromatic rings. The molecule has 0 saturated heterocycles. The third kappa shape index (κ3) is 1.50. The fourth-order valence-corrected chi connectivity index (χ4v) is 0.829. The zero-order valence-corrected chi connectivity index (χ0v) is 5.46. The van der Waals surface area contributed by atoms with Gasteiger partial charge in [0.2, 0.25) is 0 Å². The van der Waals surface area contributed by atoms with Crippen molar-refractivity contribution in [3.8, 4) is 0 Å². The molecule has 4 radical (unpaired) electrons. The van der Waals surface area contributed by atoms with Crippen LogP contribution in [0.2, 0.25) is 0 Å². The first-order valence-electron chi connectivity index (χ1n) is 3.15. The van der Waals surface area contributed by atoms with Crippen molar-refractivity contribution in [3.63, 3.8) is 0 Å². The standard InChI is InChI=1S/C8H12/c1-7-3-5-8(2)6-4-7/h3-8H,1-2H3. The molecule has 1 rings (SSSR count). The lowest BCUT2D eigenvalue weighted by Crippen LogP contribution is -2.11. The van der Waals surface area contributed by atoms with Gasteiger partial charge in [-0.05, 0) is 37.5 Å². The third-order valence-electron chi connectivity index (χ3n) is 1.44. The molecule has 8 heavy (non-hydrogen) atoms. The van der Waals surface area contributed by atoms with Gasteiger partial charge in [-0.1, -0.05) is 13.8 Å². The molecule has 0 aromatic heterocycles. The summed E-state index contributed by atoms with van der Waals surface area (Å²) < 4.78 is 0. The maximum absolute atomic E-state index is 2.24. The molecule has 0 aromatic carbocycles. The van der Waals surface area contributed by atoms with Gasteiger partial charge in [0.1, 0.15) is 0 Å². The van der Waals surface area contributed by atoms with Gasteiger partial charge in [0.15, 0.2) is 0 Å². The van der Waals surface area contributed by atoms with Crippen molar-refractivity contribution in [2.24, 2.45) is 11.8 Å². The van der Waals surface area contributed by atoms with Gasteiger partial charge in [0.05, 0.1) is 0 Å². The first-order chi connectivity index (χ1) is 3.79. The maximum atomic E-state index is 2.24. The van der Waals surface area contributed by atoms with E-state index in [1.165, 1.54) is 0 Å². The van der Waals surface area contributed by atoms with Gasteiger partial charge in [-0.25, -0.2) is 0 Å². The van der Waals surface area contributed by atoms with Crippen molar-refractivity contribution in [2.45, 2.75) is 13.8 Å². The summed E-state index contributed by atoms with van der Waals surface area (Å²) in [6.07, 6.45) is 8.96. The Labute approximate surface area is 52.3 Å². The lowest BCUT2D eigenvalue weighted by Gasteiger charge is -2.21. The summed E-state index contributed by atoms with van der Waals surface area (Å²) >= 11 is 0. The van der Waals surface area contributed by atoms with Gasteiger partial charge < -0.3 is 0 Å². The minimum absolute atomic E-state index is 0.659. The van der Waals surface area contributed by atoms with E-state index in [9.17, 15) is 0 Å². The molecule has 0 aliphatic heterocycles. The second-order valence-electron chi connectivity index (χ2n) is 2.49. The smallest absolute Gasteiger partial charge is 0.0318 e. The Morgan fingerprint density at radius 3 is 1.25 bits per heavy atom. The Morgan fingerprint density at radius 1 is 0.750 bits per heavy atom. The van der Waals surface area contributed by atoms with Crippen LogP contribution in [0.4, 0.5) is 0 Å². The zero-order chi connectivity index (χ0) is 5.98. The van der Waals surface area contributed by atoms with E-state index in [1.807, 2.05) is 0 Å². The van der Waals surface area contributed by atoms with Crippen LogP contribution in [0, 0.1) is 37.5 Å². The lowest BCUT2D eigenvalue weighted by molar-refractivity contribution is 0.645. The molecule has 0 N–H and O–H groups in total. The molecular weight excluding hydrogens is 96.1 g/mol. The topological polar surface area (TPSA) is 0 Å². The fraction of sp³-hybridized carbons (Fsp3) is 0.500. The zero-order valence-electron chi connectivity index (χ0n) is 5.46. The summed E-state index contributed by atoms with van der Waals surface area (Å²) in [5.74, 6) is 1.32. The molecule has 0 bridgehead atoms. The predicted molar refractivity (Wildman–Crippen MR) is 35.5 cm³/mol. The first-order valence-corrected chi connectivity index (χ1v) is 3.15. The van der Waals surface area contributed by atoms with Crippen molar-refractivity contribution >= 4 is 0 Å². The Morgan fingerprint density at radius 2 is 1.00 bits per heavy atom. The van der Waals surface area contributed by atoms with E-state index in [-0.39, 0.29) is 0 Å². The van der Waals surface area contributed by atoms with Crippen LogP contribution in [0.5, 0.6) is 0 Å². The van der Waals surface area contributed by atoms with Crippen molar-refractivity contribution in [1.82, 2.24) is 0 Å². The number of rotatable bonds is 0. The monoisotopic (exact) mass is 108 g/mol. The van der Waals surface area contributed by atoms with Crippen LogP contribution >= 0.6 is 0 Å². The van der Waals surface area contributed by atoms with Crippen molar-refractivity contribution in [2.75, 3.05) is 0 Å². The largest absolute Gasteiger partial charge is 0.0619 e. The maximum Gasteiger partial charge on any atom is -0.0318 e. The second-order valence-corrected chi connectivity index (χ2v) is 2.49. The van der Waals surface area contributed by atoms with Crippen LogP contribution in [-0.2, 0) is 0 Å². The molecule has 1 saturated carbocycles. The van der Waals surface area contributed by atoms with Gasteiger partial charge in [0, 0.05) is 0 Å². The predicted octanol–water partition coefficient (Wildman–Crippen LogP) is 2.09. The second kappa shape index (κ2) is 2.52. The fourth-order valence-electron chi connectivity index (χ4n) is 0.829. The van der Waals surface area contributed by atoms with Gasteiger partial charge in [0.25, 0.3) is 0 Å². The molecule has 0 unspecified atom stereocenters. The van der Waals surface area contributed by atoms with Crippen molar-refractivity contribution in [3.05, 3.63) is 25.7 Å². The van der Waals surface area contributed by atoms with Gasteiger partial charge >= 0.3 is 0 Å². The summed E-state index contributed by atoms with van der Waals surface area (Å²) in [7, 11) is 0. The van der Waals surface area contributed by atoms with Crippen LogP contribution < -0.4 is 0 Å². The minimum Gasteiger partial charge on any atom is -0.0619 e. The third-order valence-corrected chi connectivity index (χ3v) is 1.44. The van der Waals surface area contributed by atoms with Crippen LogP contribution in [-0.4, -0.2) is 0 Å².